The van der Waals surface area contributed by atoms with Crippen molar-refractivity contribution < 1.29 is 31.8 Å². The molecule has 0 heterocycles. The van der Waals surface area contributed by atoms with Gasteiger partial charge in [0, 0.05) is 24.7 Å². The van der Waals surface area contributed by atoms with Crippen LogP contribution in [0, 0.1) is 17.5 Å². The Morgan fingerprint density at radius 3 is 2.21 bits per heavy atom. The molecule has 2 N–H and O–H groups in total. The molecular formula is C16H14F5NO2. The van der Waals surface area contributed by atoms with Gasteiger partial charge in [-0.25, -0.2) is 13.2 Å². The van der Waals surface area contributed by atoms with Crippen LogP contribution >= 0.6 is 0 Å². The summed E-state index contributed by atoms with van der Waals surface area (Å²) < 4.78 is 67.6. The Morgan fingerprint density at radius 2 is 1.58 bits per heavy atom. The summed E-state index contributed by atoms with van der Waals surface area (Å²) >= 11 is 0. The van der Waals surface area contributed by atoms with Gasteiger partial charge in [-0.3, -0.25) is 0 Å². The van der Waals surface area contributed by atoms with Crippen LogP contribution in [0.3, 0.4) is 0 Å². The van der Waals surface area contributed by atoms with E-state index in [0.29, 0.717) is 11.6 Å². The number of nitrogens with one attached hydrogen (secondary N) is 1. The molecule has 0 amide bonds. The van der Waals surface area contributed by atoms with Gasteiger partial charge in [0.1, 0.15) is 11.6 Å². The minimum absolute atomic E-state index is 0.00646. The van der Waals surface area contributed by atoms with Gasteiger partial charge in [0.25, 0.3) is 0 Å². The van der Waals surface area contributed by atoms with Crippen molar-refractivity contribution in [1.82, 2.24) is 5.32 Å². The van der Waals surface area contributed by atoms with E-state index in [-0.39, 0.29) is 24.4 Å². The first-order chi connectivity index (χ1) is 11.4. The summed E-state index contributed by atoms with van der Waals surface area (Å²) in [6.45, 7) is -3.06. The Morgan fingerprint density at radius 1 is 0.958 bits per heavy atom. The fourth-order valence-corrected chi connectivity index (χ4v) is 2.03. The largest absolute Gasteiger partial charge is 0.435 e. The van der Waals surface area contributed by atoms with E-state index in [1.165, 1.54) is 24.3 Å². The van der Waals surface area contributed by atoms with Crippen molar-refractivity contribution >= 4 is 0 Å². The number of rotatable bonds is 7. The first-order valence-electron chi connectivity index (χ1n) is 6.94. The Bertz CT molecular complexity index is 679. The summed E-state index contributed by atoms with van der Waals surface area (Å²) in [4.78, 5) is 0. The zero-order valence-electron chi connectivity index (χ0n) is 12.3. The van der Waals surface area contributed by atoms with E-state index in [9.17, 15) is 27.1 Å². The Hall–Kier alpha value is -2.19. The topological polar surface area (TPSA) is 41.5 Å². The molecule has 3 nitrogen and oxygen atoms in total. The number of aliphatic hydroxyl groups is 1. The molecule has 0 saturated carbocycles. The van der Waals surface area contributed by atoms with Gasteiger partial charge in [-0.15, -0.1) is 0 Å². The SMILES string of the molecule is OC(CNCc1cc(F)c(F)cc1F)c1ccc(OC(F)F)cc1. The van der Waals surface area contributed by atoms with Gasteiger partial charge in [0.15, 0.2) is 11.6 Å². The van der Waals surface area contributed by atoms with Gasteiger partial charge < -0.3 is 15.2 Å². The van der Waals surface area contributed by atoms with E-state index in [4.69, 9.17) is 0 Å². The second-order valence-corrected chi connectivity index (χ2v) is 4.95. The zero-order chi connectivity index (χ0) is 17.7. The normalized spacial score (nSPS) is 12.5. The Labute approximate surface area is 134 Å². The van der Waals surface area contributed by atoms with Gasteiger partial charge in [-0.2, -0.15) is 8.78 Å². The average Bonchev–Trinajstić information content (AvgIpc) is 2.52. The predicted molar refractivity (Wildman–Crippen MR) is 76.1 cm³/mol. The van der Waals surface area contributed by atoms with Crippen molar-refractivity contribution in [3.05, 3.63) is 65.0 Å². The quantitative estimate of drug-likeness (QED) is 0.595. The van der Waals surface area contributed by atoms with Crippen molar-refractivity contribution in [2.45, 2.75) is 19.3 Å². The zero-order valence-corrected chi connectivity index (χ0v) is 12.3. The number of ether oxygens (including phenoxy) is 1. The summed E-state index contributed by atoms with van der Waals surface area (Å²) in [6, 6.07) is 6.55. The molecule has 8 heteroatoms. The highest BCUT2D eigenvalue weighted by Gasteiger charge is 2.12. The van der Waals surface area contributed by atoms with Gasteiger partial charge in [-0.05, 0) is 23.8 Å². The third-order valence-corrected chi connectivity index (χ3v) is 3.23. The standard InChI is InChI=1S/C16H14F5NO2/c17-12-6-14(19)13(18)5-10(12)7-22-8-15(23)9-1-3-11(4-2-9)24-16(20)21/h1-6,15-16,22-23H,7-8H2. The van der Waals surface area contributed by atoms with Crippen LogP contribution in [-0.2, 0) is 6.54 Å². The highest BCUT2D eigenvalue weighted by molar-refractivity contribution is 5.28. The van der Waals surface area contributed by atoms with Crippen LogP contribution in [0.15, 0.2) is 36.4 Å². The molecule has 2 rings (SSSR count). The molecule has 2 aromatic rings. The molecule has 1 unspecified atom stereocenters. The van der Waals surface area contributed by atoms with Crippen molar-refractivity contribution in [3.8, 4) is 5.75 Å². The Kier molecular flexibility index (Phi) is 6.10. The summed E-state index contributed by atoms with van der Waals surface area (Å²) in [5.41, 5.74) is 0.344. The number of halogens is 5. The lowest BCUT2D eigenvalue weighted by atomic mass is 10.1. The first kappa shape index (κ1) is 18.2. The van der Waals surface area contributed by atoms with Gasteiger partial charge in [-0.1, -0.05) is 12.1 Å². The maximum atomic E-state index is 13.4. The number of aliphatic hydroxyl groups excluding tert-OH is 1. The number of hydrogen-bond donors (Lipinski definition) is 2. The van der Waals surface area contributed by atoms with Gasteiger partial charge >= 0.3 is 6.61 Å². The number of hydrogen-bond acceptors (Lipinski definition) is 3. The van der Waals surface area contributed by atoms with Crippen molar-refractivity contribution in [1.29, 1.82) is 0 Å². The molecule has 1 atom stereocenters. The highest BCUT2D eigenvalue weighted by atomic mass is 19.3. The fourth-order valence-electron chi connectivity index (χ4n) is 2.03. The smallest absolute Gasteiger partial charge is 0.387 e. The van der Waals surface area contributed by atoms with Gasteiger partial charge in [0.2, 0.25) is 0 Å². The molecule has 0 aliphatic rings. The predicted octanol–water partition coefficient (Wildman–Crippen LogP) is 3.53. The molecule has 0 radical (unpaired) electrons. The maximum Gasteiger partial charge on any atom is 0.387 e. The third-order valence-electron chi connectivity index (χ3n) is 3.23. The molecule has 0 fully saturated rings. The van der Waals surface area contributed by atoms with Gasteiger partial charge in [0.05, 0.1) is 6.10 Å². The Balaban J connectivity index is 1.89. The van der Waals surface area contributed by atoms with E-state index in [1.54, 1.807) is 0 Å². The molecule has 24 heavy (non-hydrogen) atoms. The lowest BCUT2D eigenvalue weighted by Crippen LogP contribution is -2.21. The van der Waals surface area contributed by atoms with Crippen molar-refractivity contribution in [2.75, 3.05) is 6.54 Å². The lowest BCUT2D eigenvalue weighted by molar-refractivity contribution is -0.0498. The lowest BCUT2D eigenvalue weighted by Gasteiger charge is -2.13. The van der Waals surface area contributed by atoms with Crippen LogP contribution in [0.2, 0.25) is 0 Å². The van der Waals surface area contributed by atoms with E-state index >= 15 is 0 Å². The molecule has 130 valence electrons. The second-order valence-electron chi connectivity index (χ2n) is 4.95. The molecular weight excluding hydrogens is 333 g/mol. The van der Waals surface area contributed by atoms with Crippen LogP contribution in [0.4, 0.5) is 22.0 Å². The molecule has 0 aliphatic heterocycles. The minimum atomic E-state index is -2.94. The summed E-state index contributed by atoms with van der Waals surface area (Å²) in [5.74, 6) is -3.38. The van der Waals surface area contributed by atoms with Crippen LogP contribution in [0.5, 0.6) is 5.75 Å². The fraction of sp³-hybridized carbons (Fsp3) is 0.250. The molecule has 0 spiro atoms. The number of benzene rings is 2. The summed E-state index contributed by atoms with van der Waals surface area (Å²) in [6.07, 6.45) is -1.00. The van der Waals surface area contributed by atoms with Crippen molar-refractivity contribution in [2.24, 2.45) is 0 Å². The monoisotopic (exact) mass is 347 g/mol. The van der Waals surface area contributed by atoms with E-state index in [0.717, 1.165) is 6.07 Å². The van der Waals surface area contributed by atoms with Crippen molar-refractivity contribution in [3.63, 3.8) is 0 Å². The average molecular weight is 347 g/mol. The second kappa shape index (κ2) is 8.07. The van der Waals surface area contributed by atoms with Crippen LogP contribution < -0.4 is 10.1 Å². The van der Waals surface area contributed by atoms with E-state index < -0.39 is 30.2 Å². The van der Waals surface area contributed by atoms with Crippen LogP contribution in [0.1, 0.15) is 17.2 Å². The van der Waals surface area contributed by atoms with E-state index in [1.807, 2.05) is 0 Å². The first-order valence-corrected chi connectivity index (χ1v) is 6.94. The summed E-state index contributed by atoms with van der Waals surface area (Å²) in [7, 11) is 0. The maximum absolute atomic E-state index is 13.4. The highest BCUT2D eigenvalue weighted by Crippen LogP contribution is 2.19. The van der Waals surface area contributed by atoms with E-state index in [2.05, 4.69) is 10.1 Å². The minimum Gasteiger partial charge on any atom is -0.435 e. The summed E-state index contributed by atoms with van der Waals surface area (Å²) in [5, 5.41) is 12.7. The molecule has 0 bridgehead atoms. The third kappa shape index (κ3) is 4.90. The van der Waals surface area contributed by atoms with Crippen LogP contribution in [0.25, 0.3) is 0 Å². The molecule has 2 aromatic carbocycles. The molecule has 0 aliphatic carbocycles. The molecule has 0 saturated heterocycles. The van der Waals surface area contributed by atoms with Crippen LogP contribution in [-0.4, -0.2) is 18.3 Å². The molecule has 0 aromatic heterocycles. The number of alkyl halides is 2.